The van der Waals surface area contributed by atoms with Gasteiger partial charge in [0, 0.05) is 25.3 Å². The lowest BCUT2D eigenvalue weighted by Gasteiger charge is -2.31. The van der Waals surface area contributed by atoms with Gasteiger partial charge in [0.15, 0.2) is 12.6 Å². The summed E-state index contributed by atoms with van der Waals surface area (Å²) in [6.07, 6.45) is 29.6. The van der Waals surface area contributed by atoms with Crippen LogP contribution in [0.15, 0.2) is 48.6 Å². The zero-order chi connectivity index (χ0) is 44.4. The van der Waals surface area contributed by atoms with Gasteiger partial charge in [0.25, 0.3) is 0 Å². The molecule has 0 saturated carbocycles. The zero-order valence-corrected chi connectivity index (χ0v) is 38.9. The molecule has 352 valence electrons. The highest BCUT2D eigenvalue weighted by Gasteiger charge is 2.22. The molecule has 0 spiro atoms. The third-order valence-electron chi connectivity index (χ3n) is 10.0. The molecule has 1 heterocycles. The monoisotopic (exact) mass is 864 g/mol. The molecular formula is C49H85NO11. The molecule has 0 aromatic carbocycles. The number of hydrogen-bond donors (Lipinski definition) is 0. The van der Waals surface area contributed by atoms with Crippen molar-refractivity contribution in [2.75, 3.05) is 72.5 Å². The first-order valence-corrected chi connectivity index (χ1v) is 23.7. The maximum absolute atomic E-state index is 12.8. The van der Waals surface area contributed by atoms with Gasteiger partial charge in [0.1, 0.15) is 19.8 Å². The highest BCUT2D eigenvalue weighted by Crippen LogP contribution is 2.17. The zero-order valence-electron chi connectivity index (χ0n) is 38.9. The Hall–Kier alpha value is -3.03. The minimum absolute atomic E-state index is 0.0614. The van der Waals surface area contributed by atoms with E-state index in [4.69, 9.17) is 37.9 Å². The summed E-state index contributed by atoms with van der Waals surface area (Å²) in [4.78, 5) is 40.6. The summed E-state index contributed by atoms with van der Waals surface area (Å²) in [5.74, 6) is -1.03. The van der Waals surface area contributed by atoms with Crippen molar-refractivity contribution in [3.63, 3.8) is 0 Å². The van der Waals surface area contributed by atoms with E-state index >= 15 is 0 Å². The fraction of sp³-hybridized carbons (Fsp3) is 0.776. The van der Waals surface area contributed by atoms with Crippen LogP contribution in [0.1, 0.15) is 150 Å². The summed E-state index contributed by atoms with van der Waals surface area (Å²) in [5.41, 5.74) is 0. The first kappa shape index (κ1) is 56.0. The van der Waals surface area contributed by atoms with Crippen LogP contribution < -0.4 is 0 Å². The Kier molecular flexibility index (Phi) is 37.6. The predicted octanol–water partition coefficient (Wildman–Crippen LogP) is 10.8. The molecule has 1 aliphatic rings. The molecule has 0 bridgehead atoms. The van der Waals surface area contributed by atoms with E-state index in [-0.39, 0.29) is 69.7 Å². The Labute approximate surface area is 370 Å². The number of esters is 2. The Morgan fingerprint density at radius 2 is 1.10 bits per heavy atom. The van der Waals surface area contributed by atoms with E-state index in [1.54, 1.807) is 0 Å². The van der Waals surface area contributed by atoms with Crippen LogP contribution in [0.3, 0.4) is 0 Å². The Morgan fingerprint density at radius 3 is 1.59 bits per heavy atom. The van der Waals surface area contributed by atoms with Gasteiger partial charge >= 0.3 is 18.1 Å². The number of likely N-dealkylation sites (tertiary alicyclic amines) is 1. The van der Waals surface area contributed by atoms with Crippen LogP contribution in [0.2, 0.25) is 0 Å². The van der Waals surface area contributed by atoms with Gasteiger partial charge in [0.2, 0.25) is 0 Å². The van der Waals surface area contributed by atoms with Gasteiger partial charge in [-0.15, -0.1) is 0 Å². The van der Waals surface area contributed by atoms with E-state index < -0.39 is 12.1 Å². The summed E-state index contributed by atoms with van der Waals surface area (Å²) < 4.78 is 46.0. The SMILES string of the molecule is CC/C=C\COC(CCCCC(=O)OCC(COC(=O)CCCCC(OC/C=C\CC)OCC/C=C\CCC)COC(=O)OCC1CCCN(CC)C1)OCC/C=C\CCC. The second-order valence-corrected chi connectivity index (χ2v) is 15.6. The standard InChI is InChI=1S/C49H85NO11/c1-6-11-15-17-25-36-56-47(54-34-23-13-8-3)31-21-19-29-45(51)58-40-44(42-61-49(53)60-39-43-28-27-33-50(10-5)38-43)41-59-46(52)30-20-22-32-48(55-35-24-14-9-4)57-37-26-18-16-12-7-2/h13-18,23-24,43-44,47-48H,6-12,19-22,25-42H2,1-5H3/b17-15-,18-16-,23-13-,24-14-. The number of unbranched alkanes of at least 4 members (excludes halogenated alkanes) is 4. The average Bonchev–Trinajstić information content (AvgIpc) is 3.27. The van der Waals surface area contributed by atoms with Crippen LogP contribution >= 0.6 is 0 Å². The Morgan fingerprint density at radius 1 is 0.590 bits per heavy atom. The van der Waals surface area contributed by atoms with Gasteiger partial charge in [-0.2, -0.15) is 0 Å². The molecule has 0 aromatic rings. The number of nitrogens with zero attached hydrogens (tertiary/aromatic N) is 1. The molecule has 0 aliphatic carbocycles. The van der Waals surface area contributed by atoms with Crippen LogP contribution in [0.25, 0.3) is 0 Å². The molecule has 3 unspecified atom stereocenters. The van der Waals surface area contributed by atoms with Gasteiger partial charge in [-0.05, 0) is 103 Å². The molecule has 0 aromatic heterocycles. The van der Waals surface area contributed by atoms with Crippen LogP contribution in [-0.4, -0.2) is 108 Å². The molecule has 0 N–H and O–H groups in total. The summed E-state index contributed by atoms with van der Waals surface area (Å²) in [6, 6.07) is 0. The van der Waals surface area contributed by atoms with Gasteiger partial charge in [-0.3, -0.25) is 9.59 Å². The summed E-state index contributed by atoms with van der Waals surface area (Å²) >= 11 is 0. The van der Waals surface area contributed by atoms with E-state index in [9.17, 15) is 14.4 Å². The molecule has 0 amide bonds. The van der Waals surface area contributed by atoms with Crippen molar-refractivity contribution in [3.05, 3.63) is 48.6 Å². The smallest absolute Gasteiger partial charge is 0.465 e. The fourth-order valence-corrected chi connectivity index (χ4v) is 6.42. The van der Waals surface area contributed by atoms with Crippen LogP contribution in [0.5, 0.6) is 0 Å². The molecule has 12 nitrogen and oxygen atoms in total. The van der Waals surface area contributed by atoms with Crippen molar-refractivity contribution in [2.45, 2.75) is 163 Å². The number of carbonyl (C=O) groups excluding carboxylic acids is 3. The maximum atomic E-state index is 12.8. The largest absolute Gasteiger partial charge is 0.508 e. The molecule has 3 atom stereocenters. The minimum Gasteiger partial charge on any atom is -0.465 e. The second kappa shape index (κ2) is 41.0. The van der Waals surface area contributed by atoms with Crippen LogP contribution in [0, 0.1) is 11.8 Å². The number of allylic oxidation sites excluding steroid dienone is 4. The topological polar surface area (TPSA) is 128 Å². The molecule has 0 radical (unpaired) electrons. The molecule has 1 aliphatic heterocycles. The first-order chi connectivity index (χ1) is 29.8. The van der Waals surface area contributed by atoms with E-state index in [0.717, 1.165) is 96.7 Å². The summed E-state index contributed by atoms with van der Waals surface area (Å²) in [7, 11) is 0. The molecule has 1 fully saturated rings. The predicted molar refractivity (Wildman–Crippen MR) is 242 cm³/mol. The molecule has 12 heteroatoms. The third kappa shape index (κ3) is 34.2. The van der Waals surface area contributed by atoms with Gasteiger partial charge < -0.3 is 42.8 Å². The van der Waals surface area contributed by atoms with E-state index in [0.29, 0.717) is 52.1 Å². The summed E-state index contributed by atoms with van der Waals surface area (Å²) in [6.45, 7) is 15.7. The van der Waals surface area contributed by atoms with E-state index in [1.165, 1.54) is 0 Å². The van der Waals surface area contributed by atoms with Crippen molar-refractivity contribution in [2.24, 2.45) is 11.8 Å². The molecular weight excluding hydrogens is 779 g/mol. The normalized spacial score (nSPS) is 16.4. The number of piperidine rings is 1. The number of carbonyl (C=O) groups is 3. The van der Waals surface area contributed by atoms with Crippen molar-refractivity contribution >= 4 is 18.1 Å². The average molecular weight is 864 g/mol. The minimum atomic E-state index is -0.779. The first-order valence-electron chi connectivity index (χ1n) is 23.7. The maximum Gasteiger partial charge on any atom is 0.508 e. The quantitative estimate of drug-likeness (QED) is 0.0192. The molecule has 1 rings (SSSR count). The molecule has 61 heavy (non-hydrogen) atoms. The lowest BCUT2D eigenvalue weighted by atomic mass is 9.99. The number of ether oxygens (including phenoxy) is 8. The third-order valence-corrected chi connectivity index (χ3v) is 10.0. The van der Waals surface area contributed by atoms with Crippen molar-refractivity contribution in [1.82, 2.24) is 4.90 Å². The van der Waals surface area contributed by atoms with Gasteiger partial charge in [0.05, 0.1) is 39.0 Å². The van der Waals surface area contributed by atoms with E-state index in [2.05, 4.69) is 76.0 Å². The lowest BCUT2D eigenvalue weighted by Crippen LogP contribution is -2.37. The van der Waals surface area contributed by atoms with Gasteiger partial charge in [-0.1, -0.05) is 96.1 Å². The van der Waals surface area contributed by atoms with Crippen molar-refractivity contribution in [1.29, 1.82) is 0 Å². The lowest BCUT2D eigenvalue weighted by molar-refractivity contribution is -0.151. The van der Waals surface area contributed by atoms with Crippen molar-refractivity contribution in [3.8, 4) is 0 Å². The van der Waals surface area contributed by atoms with Crippen molar-refractivity contribution < 1.29 is 52.3 Å². The van der Waals surface area contributed by atoms with Crippen LogP contribution in [0.4, 0.5) is 4.79 Å². The second-order valence-electron chi connectivity index (χ2n) is 15.6. The summed E-state index contributed by atoms with van der Waals surface area (Å²) in [5, 5.41) is 0. The Balaban J connectivity index is 2.65. The Bertz CT molecular complexity index is 1120. The van der Waals surface area contributed by atoms with E-state index in [1.807, 2.05) is 12.2 Å². The highest BCUT2D eigenvalue weighted by atomic mass is 16.7. The number of rotatable bonds is 39. The highest BCUT2D eigenvalue weighted by molar-refractivity contribution is 5.69. The van der Waals surface area contributed by atoms with Crippen LogP contribution in [-0.2, 0) is 47.5 Å². The van der Waals surface area contributed by atoms with Gasteiger partial charge in [-0.25, -0.2) is 4.79 Å². The molecule has 1 saturated heterocycles. The number of hydrogen-bond acceptors (Lipinski definition) is 12. The fourth-order valence-electron chi connectivity index (χ4n) is 6.42.